The van der Waals surface area contributed by atoms with Gasteiger partial charge < -0.3 is 10.1 Å². The first-order valence-corrected chi connectivity index (χ1v) is 8.14. The standard InChI is InChI=1S/C19H20ClNO3/c1-24-17-7-2-4-14(12-17)10-11-21-19(23)9-8-18(22)15-5-3-6-16(20)13-15/h2-7,12-13H,8-11H2,1H3,(H,21,23). The number of hydrogen-bond donors (Lipinski definition) is 1. The van der Waals surface area contributed by atoms with E-state index in [2.05, 4.69) is 5.32 Å². The fraction of sp³-hybridized carbons (Fsp3) is 0.263. The van der Waals surface area contributed by atoms with Crippen LogP contribution >= 0.6 is 11.6 Å². The van der Waals surface area contributed by atoms with E-state index >= 15 is 0 Å². The number of ketones is 1. The number of carbonyl (C=O) groups excluding carboxylic acids is 2. The van der Waals surface area contributed by atoms with Crippen molar-refractivity contribution in [3.05, 3.63) is 64.7 Å². The Morgan fingerprint density at radius 3 is 2.62 bits per heavy atom. The molecular weight excluding hydrogens is 326 g/mol. The molecule has 0 bridgehead atoms. The van der Waals surface area contributed by atoms with Crippen molar-refractivity contribution in [3.8, 4) is 5.75 Å². The van der Waals surface area contributed by atoms with Gasteiger partial charge in [0.1, 0.15) is 5.75 Å². The van der Waals surface area contributed by atoms with Crippen LogP contribution in [0.25, 0.3) is 0 Å². The summed E-state index contributed by atoms with van der Waals surface area (Å²) in [7, 11) is 1.62. The first-order chi connectivity index (χ1) is 11.6. The zero-order chi connectivity index (χ0) is 17.4. The SMILES string of the molecule is COc1cccc(CCNC(=O)CCC(=O)c2cccc(Cl)c2)c1. The Morgan fingerprint density at radius 2 is 1.88 bits per heavy atom. The van der Waals surface area contributed by atoms with Gasteiger partial charge in [-0.05, 0) is 36.2 Å². The molecule has 5 heteroatoms. The molecule has 24 heavy (non-hydrogen) atoms. The van der Waals surface area contributed by atoms with Gasteiger partial charge >= 0.3 is 0 Å². The number of benzene rings is 2. The van der Waals surface area contributed by atoms with Crippen LogP contribution in [0.15, 0.2) is 48.5 Å². The van der Waals surface area contributed by atoms with Gasteiger partial charge in [-0.1, -0.05) is 35.9 Å². The molecule has 0 saturated carbocycles. The number of carbonyl (C=O) groups is 2. The highest BCUT2D eigenvalue weighted by atomic mass is 35.5. The van der Waals surface area contributed by atoms with Crippen LogP contribution in [-0.2, 0) is 11.2 Å². The lowest BCUT2D eigenvalue weighted by Crippen LogP contribution is -2.26. The number of halogens is 1. The number of rotatable bonds is 8. The number of hydrogen-bond acceptors (Lipinski definition) is 3. The van der Waals surface area contributed by atoms with E-state index < -0.39 is 0 Å². The first-order valence-electron chi connectivity index (χ1n) is 7.77. The van der Waals surface area contributed by atoms with E-state index in [1.54, 1.807) is 31.4 Å². The van der Waals surface area contributed by atoms with Crippen molar-refractivity contribution >= 4 is 23.3 Å². The molecular formula is C19H20ClNO3. The molecule has 0 aromatic heterocycles. The third-order valence-electron chi connectivity index (χ3n) is 3.60. The number of nitrogens with one attached hydrogen (secondary N) is 1. The van der Waals surface area contributed by atoms with E-state index in [0.717, 1.165) is 11.3 Å². The molecule has 4 nitrogen and oxygen atoms in total. The topological polar surface area (TPSA) is 55.4 Å². The maximum Gasteiger partial charge on any atom is 0.220 e. The van der Waals surface area contributed by atoms with Crippen LogP contribution in [0.5, 0.6) is 5.75 Å². The van der Waals surface area contributed by atoms with E-state index in [1.165, 1.54) is 0 Å². The third-order valence-corrected chi connectivity index (χ3v) is 3.83. The molecule has 0 radical (unpaired) electrons. The van der Waals surface area contributed by atoms with Gasteiger partial charge in [-0.2, -0.15) is 0 Å². The van der Waals surface area contributed by atoms with Gasteiger partial charge in [-0.3, -0.25) is 9.59 Å². The Bertz CT molecular complexity index is 715. The smallest absolute Gasteiger partial charge is 0.220 e. The molecule has 1 amide bonds. The van der Waals surface area contributed by atoms with Crippen molar-refractivity contribution in [2.45, 2.75) is 19.3 Å². The van der Waals surface area contributed by atoms with Gasteiger partial charge in [0.05, 0.1) is 7.11 Å². The summed E-state index contributed by atoms with van der Waals surface area (Å²) in [5, 5.41) is 3.35. The average Bonchev–Trinajstić information content (AvgIpc) is 2.60. The van der Waals surface area contributed by atoms with Gasteiger partial charge in [0.15, 0.2) is 5.78 Å². The number of methoxy groups -OCH3 is 1. The number of Topliss-reactive ketones (excluding diaryl/α,β-unsaturated/α-hetero) is 1. The quantitative estimate of drug-likeness (QED) is 0.743. The maximum absolute atomic E-state index is 12.0. The molecule has 0 aliphatic rings. The van der Waals surface area contributed by atoms with Crippen molar-refractivity contribution in [1.29, 1.82) is 0 Å². The highest BCUT2D eigenvalue weighted by molar-refractivity contribution is 6.31. The summed E-state index contributed by atoms with van der Waals surface area (Å²) < 4.78 is 5.16. The van der Waals surface area contributed by atoms with E-state index in [1.807, 2.05) is 24.3 Å². The summed E-state index contributed by atoms with van der Waals surface area (Å²) in [6.07, 6.45) is 1.06. The van der Waals surface area contributed by atoms with Crippen LogP contribution in [0.4, 0.5) is 0 Å². The molecule has 2 aromatic carbocycles. The van der Waals surface area contributed by atoms with E-state index in [9.17, 15) is 9.59 Å². The Kier molecular flexibility index (Phi) is 6.82. The first kappa shape index (κ1) is 18.0. The zero-order valence-electron chi connectivity index (χ0n) is 13.5. The van der Waals surface area contributed by atoms with E-state index in [0.29, 0.717) is 23.6 Å². The Labute approximate surface area is 146 Å². The normalized spacial score (nSPS) is 10.2. The molecule has 0 atom stereocenters. The Hall–Kier alpha value is -2.33. The van der Waals surface area contributed by atoms with Crippen molar-refractivity contribution in [2.75, 3.05) is 13.7 Å². The van der Waals surface area contributed by atoms with Crippen LogP contribution in [0.1, 0.15) is 28.8 Å². The Balaban J connectivity index is 1.72. The summed E-state index contributed by atoms with van der Waals surface area (Å²) in [6.45, 7) is 0.525. The average molecular weight is 346 g/mol. The molecule has 2 aromatic rings. The number of amides is 1. The maximum atomic E-state index is 12.0. The van der Waals surface area contributed by atoms with Crippen LogP contribution < -0.4 is 10.1 Å². The van der Waals surface area contributed by atoms with Crippen LogP contribution in [-0.4, -0.2) is 25.3 Å². The monoisotopic (exact) mass is 345 g/mol. The molecule has 0 unspecified atom stereocenters. The van der Waals surface area contributed by atoms with E-state index in [4.69, 9.17) is 16.3 Å². The van der Waals surface area contributed by atoms with Crippen molar-refractivity contribution in [3.63, 3.8) is 0 Å². The van der Waals surface area contributed by atoms with Crippen molar-refractivity contribution in [1.82, 2.24) is 5.32 Å². The van der Waals surface area contributed by atoms with Crippen molar-refractivity contribution in [2.24, 2.45) is 0 Å². The summed E-state index contributed by atoms with van der Waals surface area (Å²) in [6, 6.07) is 14.5. The lowest BCUT2D eigenvalue weighted by atomic mass is 10.1. The summed E-state index contributed by atoms with van der Waals surface area (Å²) in [5.41, 5.74) is 1.62. The minimum Gasteiger partial charge on any atom is -0.497 e. The molecule has 2 rings (SSSR count). The second-order valence-electron chi connectivity index (χ2n) is 5.39. The van der Waals surface area contributed by atoms with Crippen LogP contribution in [0, 0.1) is 0 Å². The highest BCUT2D eigenvalue weighted by Crippen LogP contribution is 2.14. The van der Waals surface area contributed by atoms with Gasteiger partial charge in [0.2, 0.25) is 5.91 Å². The lowest BCUT2D eigenvalue weighted by Gasteiger charge is -2.07. The zero-order valence-corrected chi connectivity index (χ0v) is 14.3. The van der Waals surface area contributed by atoms with Crippen molar-refractivity contribution < 1.29 is 14.3 Å². The molecule has 0 aliphatic carbocycles. The highest BCUT2D eigenvalue weighted by Gasteiger charge is 2.09. The second kappa shape index (κ2) is 9.08. The molecule has 0 heterocycles. The second-order valence-corrected chi connectivity index (χ2v) is 5.82. The minimum absolute atomic E-state index is 0.0829. The lowest BCUT2D eigenvalue weighted by molar-refractivity contribution is -0.121. The minimum atomic E-state index is -0.131. The molecule has 126 valence electrons. The molecule has 0 fully saturated rings. The van der Waals surface area contributed by atoms with Gasteiger partial charge in [-0.15, -0.1) is 0 Å². The largest absolute Gasteiger partial charge is 0.497 e. The van der Waals surface area contributed by atoms with Gasteiger partial charge in [0.25, 0.3) is 0 Å². The third kappa shape index (κ3) is 5.70. The Morgan fingerprint density at radius 1 is 1.08 bits per heavy atom. The molecule has 0 aliphatic heterocycles. The molecule has 1 N–H and O–H groups in total. The summed E-state index contributed by atoms with van der Waals surface area (Å²) >= 11 is 5.86. The predicted molar refractivity (Wildman–Crippen MR) is 94.7 cm³/mol. The van der Waals surface area contributed by atoms with Crippen LogP contribution in [0.3, 0.4) is 0 Å². The molecule has 0 spiro atoms. The van der Waals surface area contributed by atoms with E-state index in [-0.39, 0.29) is 24.5 Å². The van der Waals surface area contributed by atoms with Gasteiger partial charge in [0, 0.05) is 30.0 Å². The molecule has 0 saturated heterocycles. The fourth-order valence-electron chi connectivity index (χ4n) is 2.30. The number of ether oxygens (including phenoxy) is 1. The summed E-state index contributed by atoms with van der Waals surface area (Å²) in [5.74, 6) is 0.583. The predicted octanol–water partition coefficient (Wildman–Crippen LogP) is 3.67. The van der Waals surface area contributed by atoms with Crippen LogP contribution in [0.2, 0.25) is 5.02 Å². The fourth-order valence-corrected chi connectivity index (χ4v) is 2.49. The summed E-state index contributed by atoms with van der Waals surface area (Å²) in [4.78, 5) is 23.9. The van der Waals surface area contributed by atoms with Gasteiger partial charge in [-0.25, -0.2) is 0 Å².